The maximum absolute atomic E-state index is 4.24. The summed E-state index contributed by atoms with van der Waals surface area (Å²) in [6.45, 7) is 8.95. The highest BCUT2D eigenvalue weighted by Crippen LogP contribution is 2.08. The van der Waals surface area contributed by atoms with E-state index in [1.165, 1.54) is 5.32 Å². The number of nitrogens with one attached hydrogen (secondary N) is 1. The van der Waals surface area contributed by atoms with Crippen molar-refractivity contribution in [2.75, 3.05) is 13.1 Å². The van der Waals surface area contributed by atoms with Crippen molar-refractivity contribution in [1.29, 1.82) is 0 Å². The van der Waals surface area contributed by atoms with E-state index in [2.05, 4.69) is 41.5 Å². The van der Waals surface area contributed by atoms with Gasteiger partial charge in [-0.05, 0) is 0 Å². The van der Waals surface area contributed by atoms with Crippen LogP contribution >= 0.6 is 0 Å². The molecule has 1 aliphatic rings. The molecule has 72 valence electrons. The molecule has 0 bridgehead atoms. The van der Waals surface area contributed by atoms with Crippen LogP contribution in [0.15, 0.2) is 6.20 Å². The van der Waals surface area contributed by atoms with Crippen LogP contribution in [0.1, 0.15) is 6.04 Å². The maximum Gasteiger partial charge on any atom is 0.106 e. The molecule has 0 aromatic carbocycles. The molecule has 1 saturated heterocycles. The summed E-state index contributed by atoms with van der Waals surface area (Å²) in [7, 11) is -1.26. The van der Waals surface area contributed by atoms with E-state index in [9.17, 15) is 0 Å². The molecule has 1 fully saturated rings. The van der Waals surface area contributed by atoms with Gasteiger partial charge in [-0.2, -0.15) is 0 Å². The quantitative estimate of drug-likeness (QED) is 0.675. The van der Waals surface area contributed by atoms with Gasteiger partial charge in [-0.1, -0.05) is 24.9 Å². The zero-order chi connectivity index (χ0) is 9.47. The van der Waals surface area contributed by atoms with Crippen molar-refractivity contribution in [2.24, 2.45) is 0 Å². The van der Waals surface area contributed by atoms with Crippen LogP contribution in [0.3, 0.4) is 0 Å². The third kappa shape index (κ3) is 1.66. The van der Waals surface area contributed by atoms with Crippen molar-refractivity contribution in [3.63, 3.8) is 0 Å². The van der Waals surface area contributed by atoms with Crippen LogP contribution in [-0.4, -0.2) is 36.2 Å². The Labute approximate surface area is 79.3 Å². The van der Waals surface area contributed by atoms with Crippen LogP contribution in [0.2, 0.25) is 19.6 Å². The van der Waals surface area contributed by atoms with Crippen molar-refractivity contribution < 1.29 is 0 Å². The van der Waals surface area contributed by atoms with E-state index in [1.54, 1.807) is 0 Å². The number of nitrogens with zero attached hydrogens (tertiary/aromatic N) is 3. The smallest absolute Gasteiger partial charge is 0.106 e. The highest BCUT2D eigenvalue weighted by molar-refractivity contribution is 6.88. The summed E-state index contributed by atoms with van der Waals surface area (Å²) >= 11 is 0. The van der Waals surface area contributed by atoms with Gasteiger partial charge in [0, 0.05) is 19.3 Å². The highest BCUT2D eigenvalue weighted by atomic mass is 28.3. The zero-order valence-electron chi connectivity index (χ0n) is 8.41. The third-order valence-electron chi connectivity index (χ3n) is 2.41. The van der Waals surface area contributed by atoms with Gasteiger partial charge < -0.3 is 5.32 Å². The predicted molar refractivity (Wildman–Crippen MR) is 54.9 cm³/mol. The van der Waals surface area contributed by atoms with Gasteiger partial charge in [-0.15, -0.1) is 5.10 Å². The first-order valence-corrected chi connectivity index (χ1v) is 8.20. The highest BCUT2D eigenvalue weighted by Gasteiger charge is 2.24. The van der Waals surface area contributed by atoms with Gasteiger partial charge in [0.05, 0.1) is 11.4 Å². The first-order valence-electron chi connectivity index (χ1n) is 4.70. The first kappa shape index (κ1) is 8.90. The summed E-state index contributed by atoms with van der Waals surface area (Å²) in [6, 6.07) is 0.539. The summed E-state index contributed by atoms with van der Waals surface area (Å²) in [6.07, 6.45) is 2.12. The lowest BCUT2D eigenvalue weighted by molar-refractivity contribution is 0.313. The Balaban J connectivity index is 2.17. The average Bonchev–Trinajstić information content (AvgIpc) is 2.29. The minimum Gasteiger partial charge on any atom is -0.312 e. The van der Waals surface area contributed by atoms with Crippen molar-refractivity contribution in [1.82, 2.24) is 20.3 Å². The minimum absolute atomic E-state index is 0.539. The molecule has 1 aromatic heterocycles. The van der Waals surface area contributed by atoms with Crippen LogP contribution < -0.4 is 10.6 Å². The Kier molecular flexibility index (Phi) is 2.00. The predicted octanol–water partition coefficient (Wildman–Crippen LogP) is -0.0324. The molecule has 0 spiro atoms. The van der Waals surface area contributed by atoms with Crippen molar-refractivity contribution in [2.45, 2.75) is 25.7 Å². The van der Waals surface area contributed by atoms with Crippen LogP contribution in [-0.2, 0) is 0 Å². The molecule has 1 aliphatic heterocycles. The Morgan fingerprint density at radius 2 is 2.15 bits per heavy atom. The Morgan fingerprint density at radius 1 is 1.46 bits per heavy atom. The molecule has 1 N–H and O–H groups in total. The zero-order valence-corrected chi connectivity index (χ0v) is 9.41. The van der Waals surface area contributed by atoms with Crippen molar-refractivity contribution >= 4 is 13.4 Å². The lowest BCUT2D eigenvalue weighted by Crippen LogP contribution is -2.44. The number of rotatable bonds is 2. The van der Waals surface area contributed by atoms with Gasteiger partial charge in [-0.3, -0.25) is 0 Å². The Morgan fingerprint density at radius 3 is 2.54 bits per heavy atom. The van der Waals surface area contributed by atoms with Crippen LogP contribution in [0.4, 0.5) is 0 Å². The standard InChI is InChI=1S/C8H16N4Si/c1-13(2,3)8-6-12(11-10-8)7-4-9-5-7/h6-7,9H,4-5H2,1-3H3. The van der Waals surface area contributed by atoms with Gasteiger partial charge in [0.2, 0.25) is 0 Å². The van der Waals surface area contributed by atoms with Gasteiger partial charge >= 0.3 is 0 Å². The Hall–Kier alpha value is -0.683. The summed E-state index contributed by atoms with van der Waals surface area (Å²) in [5.74, 6) is 0. The molecule has 5 heteroatoms. The topological polar surface area (TPSA) is 42.7 Å². The summed E-state index contributed by atoms with van der Waals surface area (Å²) in [5, 5.41) is 12.8. The molecule has 1 aromatic rings. The lowest BCUT2D eigenvalue weighted by atomic mass is 10.2. The minimum atomic E-state index is -1.26. The van der Waals surface area contributed by atoms with Gasteiger partial charge in [0.25, 0.3) is 0 Å². The van der Waals surface area contributed by atoms with Crippen molar-refractivity contribution in [3.8, 4) is 0 Å². The molecule has 13 heavy (non-hydrogen) atoms. The SMILES string of the molecule is C[Si](C)(C)c1cn(C2CNC2)nn1. The van der Waals surface area contributed by atoms with Crippen LogP contribution in [0.25, 0.3) is 0 Å². The number of hydrogen-bond acceptors (Lipinski definition) is 3. The molecule has 0 aliphatic carbocycles. The second-order valence-corrected chi connectivity index (χ2v) is 9.66. The van der Waals surface area contributed by atoms with Gasteiger partial charge in [0.15, 0.2) is 0 Å². The number of aromatic nitrogens is 3. The van der Waals surface area contributed by atoms with E-state index >= 15 is 0 Å². The monoisotopic (exact) mass is 196 g/mol. The second kappa shape index (κ2) is 2.92. The van der Waals surface area contributed by atoms with E-state index < -0.39 is 8.07 Å². The average molecular weight is 196 g/mol. The van der Waals surface area contributed by atoms with Crippen LogP contribution in [0.5, 0.6) is 0 Å². The van der Waals surface area contributed by atoms with Crippen LogP contribution in [0, 0.1) is 0 Å². The van der Waals surface area contributed by atoms with E-state index in [1.807, 2.05) is 4.68 Å². The molecule has 2 rings (SSSR count). The summed E-state index contributed by atoms with van der Waals surface area (Å²) < 4.78 is 2.00. The molecule has 2 heterocycles. The fraction of sp³-hybridized carbons (Fsp3) is 0.750. The van der Waals surface area contributed by atoms with E-state index in [4.69, 9.17) is 0 Å². The normalized spacial score (nSPS) is 18.7. The summed E-state index contributed by atoms with van der Waals surface area (Å²) in [4.78, 5) is 0. The second-order valence-electron chi connectivity index (χ2n) is 4.65. The molecular weight excluding hydrogens is 180 g/mol. The number of hydrogen-bond donors (Lipinski definition) is 1. The van der Waals surface area contributed by atoms with Gasteiger partial charge in [-0.25, -0.2) is 4.68 Å². The molecular formula is C8H16N4Si. The molecule has 0 atom stereocenters. The molecule has 0 unspecified atom stereocenters. The fourth-order valence-electron chi connectivity index (χ4n) is 1.26. The molecule has 0 amide bonds. The third-order valence-corrected chi connectivity index (χ3v) is 4.18. The Bertz CT molecular complexity index is 297. The molecule has 0 radical (unpaired) electrons. The van der Waals surface area contributed by atoms with E-state index in [-0.39, 0.29) is 0 Å². The fourth-order valence-corrected chi connectivity index (χ4v) is 2.12. The molecule has 4 nitrogen and oxygen atoms in total. The largest absolute Gasteiger partial charge is 0.312 e. The summed E-state index contributed by atoms with van der Waals surface area (Å²) in [5.41, 5.74) is 0. The van der Waals surface area contributed by atoms with Gasteiger partial charge in [0.1, 0.15) is 8.07 Å². The van der Waals surface area contributed by atoms with Crippen molar-refractivity contribution in [3.05, 3.63) is 6.20 Å². The lowest BCUT2D eigenvalue weighted by Gasteiger charge is -2.26. The first-order chi connectivity index (χ1) is 6.07. The maximum atomic E-state index is 4.24. The molecule has 0 saturated carbocycles. The van der Waals surface area contributed by atoms with E-state index in [0.717, 1.165) is 13.1 Å². The van der Waals surface area contributed by atoms with E-state index in [0.29, 0.717) is 6.04 Å².